The number of rotatable bonds is 0. The first-order valence-corrected chi connectivity index (χ1v) is 6.02. The first-order valence-electron chi connectivity index (χ1n) is 3.36. The van der Waals surface area contributed by atoms with Gasteiger partial charge in [0.1, 0.15) is 0 Å². The Kier molecular flexibility index (Phi) is 17.8. The second-order valence-electron chi connectivity index (χ2n) is 2.16. The molecule has 19 heavy (non-hydrogen) atoms. The summed E-state index contributed by atoms with van der Waals surface area (Å²) in [5, 5.41) is 0. The Balaban J connectivity index is -0.0000000866. The Morgan fingerprint density at radius 3 is 0.947 bits per heavy atom. The topological polar surface area (TPSA) is 204 Å². The molecule has 1 heterocycles. The maximum Gasteiger partial charge on any atom is 2.00 e. The molecule has 1 aliphatic heterocycles. The molecule has 0 aliphatic carbocycles. The number of hydrogen-bond donors (Lipinski definition) is 0. The van der Waals surface area contributed by atoms with Gasteiger partial charge < -0.3 is 22.9 Å². The van der Waals surface area contributed by atoms with Crippen LogP contribution in [0.5, 0.6) is 0 Å². The fourth-order valence-electron chi connectivity index (χ4n) is 0.433. The Morgan fingerprint density at radius 1 is 0.737 bits per heavy atom. The van der Waals surface area contributed by atoms with Crippen LogP contribution in [-0.4, -0.2) is 93.1 Å². The quantitative estimate of drug-likeness (QED) is 0.138. The fourth-order valence-corrected chi connectivity index (χ4v) is 0.433. The van der Waals surface area contributed by atoms with E-state index in [0.29, 0.717) is 0 Å². The molecule has 1 saturated heterocycles. The SMILES string of the molecule is O=C1CCC(=O)O1.O=S(=O)([O-])[O-].O=S(=O)([O-])[O-].[Mg+2].[Mg+2]. The van der Waals surface area contributed by atoms with E-state index in [-0.39, 0.29) is 58.9 Å². The molecule has 0 aromatic carbocycles. The molecular formula is C4H4Mg2O11S2. The maximum absolute atomic E-state index is 10.0. The van der Waals surface area contributed by atoms with Gasteiger partial charge >= 0.3 is 58.0 Å². The van der Waals surface area contributed by atoms with Crippen molar-refractivity contribution in [2.45, 2.75) is 12.8 Å². The van der Waals surface area contributed by atoms with Crippen molar-refractivity contribution in [3.8, 4) is 0 Å². The summed E-state index contributed by atoms with van der Waals surface area (Å²) >= 11 is 0. The standard InChI is InChI=1S/C4H4O3.2Mg.2H2O4S/c5-3-1-2-4(6)7-3;;;2*1-5(2,3)4/h1-2H2;;;2*(H2,1,2,3,4)/q;2*+2;;/p-4. The van der Waals surface area contributed by atoms with Crippen LogP contribution < -0.4 is 0 Å². The van der Waals surface area contributed by atoms with Crippen molar-refractivity contribution in [1.82, 2.24) is 0 Å². The third-order valence-electron chi connectivity index (χ3n) is 0.761. The summed E-state index contributed by atoms with van der Waals surface area (Å²) < 4.78 is 72.3. The van der Waals surface area contributed by atoms with Gasteiger partial charge in [-0.2, -0.15) is 0 Å². The van der Waals surface area contributed by atoms with Crippen molar-refractivity contribution in [3.05, 3.63) is 0 Å². The van der Waals surface area contributed by atoms with E-state index in [9.17, 15) is 9.59 Å². The van der Waals surface area contributed by atoms with Crippen molar-refractivity contribution in [2.24, 2.45) is 0 Å². The fraction of sp³-hybridized carbons (Fsp3) is 0.500. The van der Waals surface area contributed by atoms with Gasteiger partial charge in [-0.3, -0.25) is 26.4 Å². The molecule has 0 amide bonds. The monoisotopic (exact) mass is 340 g/mol. The Bertz CT molecular complexity index is 405. The summed E-state index contributed by atoms with van der Waals surface area (Å²) in [6.45, 7) is 0. The molecular weight excluding hydrogens is 337 g/mol. The maximum atomic E-state index is 10.0. The van der Waals surface area contributed by atoms with Crippen LogP contribution in [0.15, 0.2) is 0 Å². The van der Waals surface area contributed by atoms with E-state index in [2.05, 4.69) is 4.74 Å². The van der Waals surface area contributed by atoms with Gasteiger partial charge in [0.05, 0.1) is 12.8 Å². The van der Waals surface area contributed by atoms with E-state index in [1.165, 1.54) is 0 Å². The van der Waals surface area contributed by atoms with Gasteiger partial charge in [0.2, 0.25) is 0 Å². The van der Waals surface area contributed by atoms with Crippen LogP contribution in [0.3, 0.4) is 0 Å². The van der Waals surface area contributed by atoms with Crippen LogP contribution in [0.25, 0.3) is 0 Å². The van der Waals surface area contributed by atoms with Gasteiger partial charge in [0, 0.05) is 20.8 Å². The van der Waals surface area contributed by atoms with Crippen molar-refractivity contribution in [2.75, 3.05) is 0 Å². The Morgan fingerprint density at radius 2 is 0.895 bits per heavy atom. The molecule has 1 fully saturated rings. The van der Waals surface area contributed by atoms with Gasteiger partial charge in [-0.25, -0.2) is 0 Å². The molecule has 0 aromatic rings. The summed E-state index contributed by atoms with van der Waals surface area (Å²) in [7, 11) is -10.3. The largest absolute Gasteiger partial charge is 2.00 e. The summed E-state index contributed by atoms with van der Waals surface area (Å²) in [5.74, 6) is -0.796. The number of carbonyl (C=O) groups excluding carboxylic acids is 2. The second kappa shape index (κ2) is 12.2. The van der Waals surface area contributed by atoms with E-state index in [0.717, 1.165) is 0 Å². The number of ether oxygens (including phenoxy) is 1. The first-order chi connectivity index (χ1) is 7.29. The Hall–Kier alpha value is 0.412. The normalized spacial score (nSPS) is 13.5. The molecule has 15 heteroatoms. The molecule has 0 radical (unpaired) electrons. The van der Waals surface area contributed by atoms with Crippen molar-refractivity contribution < 1.29 is 49.4 Å². The van der Waals surface area contributed by atoms with Gasteiger partial charge in [0.25, 0.3) is 0 Å². The predicted molar refractivity (Wildman–Crippen MR) is 52.8 cm³/mol. The molecule has 0 spiro atoms. The van der Waals surface area contributed by atoms with Crippen LogP contribution >= 0.6 is 0 Å². The van der Waals surface area contributed by atoms with Crippen molar-refractivity contribution in [1.29, 1.82) is 0 Å². The third kappa shape index (κ3) is 56.0. The predicted octanol–water partition coefficient (Wildman–Crippen LogP) is -3.59. The zero-order chi connectivity index (χ0) is 14.3. The third-order valence-corrected chi connectivity index (χ3v) is 0.761. The van der Waals surface area contributed by atoms with Crippen molar-refractivity contribution >= 4 is 78.8 Å². The molecule has 0 aromatic heterocycles. The van der Waals surface area contributed by atoms with Crippen LogP contribution in [-0.2, 0) is 35.1 Å². The van der Waals surface area contributed by atoms with Crippen LogP contribution in [0, 0.1) is 0 Å². The molecule has 0 bridgehead atoms. The second-order valence-corrected chi connectivity index (χ2v) is 3.80. The van der Waals surface area contributed by atoms with Crippen LogP contribution in [0.1, 0.15) is 12.8 Å². The summed E-state index contributed by atoms with van der Waals surface area (Å²) in [5.41, 5.74) is 0. The minimum atomic E-state index is -5.17. The number of esters is 2. The number of cyclic esters (lactones) is 2. The first kappa shape index (κ1) is 27.7. The molecule has 1 rings (SSSR count). The molecule has 0 N–H and O–H groups in total. The molecule has 0 saturated carbocycles. The number of hydrogen-bond acceptors (Lipinski definition) is 11. The molecule has 1 aliphatic rings. The molecule has 0 unspecified atom stereocenters. The zero-order valence-corrected chi connectivity index (χ0v) is 13.6. The summed E-state index contributed by atoms with van der Waals surface area (Å²) in [4.78, 5) is 20.0. The Labute approximate surface area is 140 Å². The van der Waals surface area contributed by atoms with Gasteiger partial charge in [-0.1, -0.05) is 0 Å². The average molecular weight is 341 g/mol. The van der Waals surface area contributed by atoms with E-state index >= 15 is 0 Å². The van der Waals surface area contributed by atoms with Gasteiger partial charge in [-0.05, 0) is 0 Å². The van der Waals surface area contributed by atoms with Crippen LogP contribution in [0.2, 0.25) is 0 Å². The van der Waals surface area contributed by atoms with E-state index in [1.807, 2.05) is 0 Å². The summed E-state index contributed by atoms with van der Waals surface area (Å²) in [6.07, 6.45) is 0.525. The number of carbonyl (C=O) groups is 2. The van der Waals surface area contributed by atoms with Gasteiger partial charge in [-0.15, -0.1) is 0 Å². The minimum Gasteiger partial charge on any atom is -0.759 e. The van der Waals surface area contributed by atoms with Crippen molar-refractivity contribution in [3.63, 3.8) is 0 Å². The summed E-state index contributed by atoms with van der Waals surface area (Å²) in [6, 6.07) is 0. The smallest absolute Gasteiger partial charge is 0.759 e. The average Bonchev–Trinajstić information content (AvgIpc) is 2.26. The van der Waals surface area contributed by atoms with E-state index < -0.39 is 32.7 Å². The minimum absolute atomic E-state index is 0. The molecule has 0 atom stereocenters. The van der Waals surface area contributed by atoms with Gasteiger partial charge in [0.15, 0.2) is 0 Å². The van der Waals surface area contributed by atoms with Crippen LogP contribution in [0.4, 0.5) is 0 Å². The van der Waals surface area contributed by atoms with E-state index in [1.54, 1.807) is 0 Å². The van der Waals surface area contributed by atoms with E-state index in [4.69, 9.17) is 35.0 Å². The molecule has 11 nitrogen and oxygen atoms in total. The molecule has 102 valence electrons. The zero-order valence-electron chi connectivity index (χ0n) is 9.14.